The molecule has 1 aliphatic heterocycles. The minimum atomic E-state index is -0.0144. The second-order valence-electron chi connectivity index (χ2n) is 6.98. The minimum absolute atomic E-state index is 0.0144. The first-order valence-electron chi connectivity index (χ1n) is 9.05. The maximum atomic E-state index is 11.6. The van der Waals surface area contributed by atoms with Crippen molar-refractivity contribution >= 4 is 17.3 Å². The van der Waals surface area contributed by atoms with Crippen LogP contribution in [-0.2, 0) is 6.54 Å². The van der Waals surface area contributed by atoms with E-state index in [0.717, 1.165) is 30.4 Å². The first-order valence-corrected chi connectivity index (χ1v) is 9.05. The number of hydrogen-bond acceptors (Lipinski definition) is 5. The van der Waals surface area contributed by atoms with E-state index < -0.39 is 0 Å². The summed E-state index contributed by atoms with van der Waals surface area (Å²) in [6.07, 6.45) is 4.31. The van der Waals surface area contributed by atoms with Crippen LogP contribution in [0.1, 0.15) is 48.2 Å². The first kappa shape index (κ1) is 17.9. The molecule has 1 aromatic heterocycles. The number of carbonyl (C=O) groups excluding carboxylic acids is 1. The summed E-state index contributed by atoms with van der Waals surface area (Å²) in [5.41, 5.74) is 2.84. The summed E-state index contributed by atoms with van der Waals surface area (Å²) in [4.78, 5) is 18.5. The number of anilines is 2. The maximum Gasteiger partial charge on any atom is 0.159 e. The van der Waals surface area contributed by atoms with Crippen LogP contribution in [0.4, 0.5) is 11.5 Å². The van der Waals surface area contributed by atoms with Gasteiger partial charge in [0, 0.05) is 31.4 Å². The van der Waals surface area contributed by atoms with E-state index in [-0.39, 0.29) is 5.78 Å². The van der Waals surface area contributed by atoms with E-state index in [1.807, 2.05) is 6.20 Å². The number of benzene rings is 1. The predicted octanol–water partition coefficient (Wildman–Crippen LogP) is 4.00. The molecule has 1 saturated heterocycles. The summed E-state index contributed by atoms with van der Waals surface area (Å²) in [7, 11) is 0. The molecular formula is C21H24N4O. The van der Waals surface area contributed by atoms with Crippen LogP contribution in [0.5, 0.6) is 0 Å². The van der Waals surface area contributed by atoms with Gasteiger partial charge in [0.25, 0.3) is 0 Å². The lowest BCUT2D eigenvalue weighted by molar-refractivity contribution is 0.101. The van der Waals surface area contributed by atoms with E-state index in [2.05, 4.69) is 40.3 Å². The molecule has 2 heterocycles. The average molecular weight is 348 g/mol. The lowest BCUT2D eigenvalue weighted by Crippen LogP contribution is -2.33. The van der Waals surface area contributed by atoms with Gasteiger partial charge in [-0.25, -0.2) is 4.98 Å². The number of aromatic nitrogens is 1. The van der Waals surface area contributed by atoms with Gasteiger partial charge in [0.05, 0.1) is 11.3 Å². The lowest BCUT2D eigenvalue weighted by atomic mass is 9.99. The molecule has 134 valence electrons. The third kappa shape index (κ3) is 4.20. The molecule has 0 radical (unpaired) electrons. The number of rotatable bonds is 5. The predicted molar refractivity (Wildman–Crippen MR) is 103 cm³/mol. The molecule has 26 heavy (non-hydrogen) atoms. The van der Waals surface area contributed by atoms with Crippen LogP contribution < -0.4 is 10.2 Å². The van der Waals surface area contributed by atoms with E-state index >= 15 is 0 Å². The summed E-state index contributed by atoms with van der Waals surface area (Å²) in [6.45, 7) is 6.51. The second-order valence-corrected chi connectivity index (χ2v) is 6.98. The Morgan fingerprint density at radius 2 is 2.08 bits per heavy atom. The maximum absolute atomic E-state index is 11.6. The quantitative estimate of drug-likeness (QED) is 0.827. The van der Waals surface area contributed by atoms with E-state index in [0.29, 0.717) is 23.4 Å². The van der Waals surface area contributed by atoms with Gasteiger partial charge in [-0.1, -0.05) is 13.0 Å². The van der Waals surface area contributed by atoms with Crippen LogP contribution in [0.25, 0.3) is 0 Å². The number of nitriles is 1. The zero-order chi connectivity index (χ0) is 18.5. The summed E-state index contributed by atoms with van der Waals surface area (Å²) in [5, 5.41) is 12.5. The molecule has 0 aliphatic carbocycles. The molecule has 1 fully saturated rings. The Bertz CT molecular complexity index is 815. The molecule has 5 heteroatoms. The Morgan fingerprint density at radius 1 is 1.31 bits per heavy atom. The van der Waals surface area contributed by atoms with Gasteiger partial charge in [-0.05, 0) is 55.5 Å². The van der Waals surface area contributed by atoms with Gasteiger partial charge in [-0.2, -0.15) is 5.26 Å². The number of Topliss-reactive ketones (excluding diaryl/α,β-unsaturated/α-hetero) is 1. The highest BCUT2D eigenvalue weighted by Gasteiger charge is 2.16. The lowest BCUT2D eigenvalue weighted by Gasteiger charge is -2.31. The van der Waals surface area contributed by atoms with Crippen LogP contribution in [-0.4, -0.2) is 23.9 Å². The third-order valence-corrected chi connectivity index (χ3v) is 4.95. The van der Waals surface area contributed by atoms with Crippen LogP contribution in [0.15, 0.2) is 36.5 Å². The van der Waals surface area contributed by atoms with Gasteiger partial charge in [0.2, 0.25) is 0 Å². The van der Waals surface area contributed by atoms with Crippen molar-refractivity contribution < 1.29 is 4.79 Å². The number of nitrogens with one attached hydrogen (secondary N) is 1. The standard InChI is InChI=1S/C21H24N4O/c1-15-7-9-25(10-8-15)21-6-3-17(14-24-21)13-23-20-11-18(16(2)26)4-5-19(20)12-22/h3-6,11,14-15,23H,7-10,13H2,1-2H3. The van der Waals surface area contributed by atoms with Crippen molar-refractivity contribution in [3.05, 3.63) is 53.2 Å². The molecule has 0 atom stereocenters. The van der Waals surface area contributed by atoms with Crippen molar-refractivity contribution in [2.45, 2.75) is 33.2 Å². The Hall–Kier alpha value is -2.87. The Balaban J connectivity index is 1.66. The average Bonchev–Trinajstić information content (AvgIpc) is 2.67. The molecule has 0 amide bonds. The number of ketones is 1. The van der Waals surface area contributed by atoms with Gasteiger partial charge >= 0.3 is 0 Å². The van der Waals surface area contributed by atoms with Crippen LogP contribution in [0, 0.1) is 17.2 Å². The Kier molecular flexibility index (Phi) is 5.52. The largest absolute Gasteiger partial charge is 0.380 e. The number of piperidine rings is 1. The number of nitrogens with zero attached hydrogens (tertiary/aromatic N) is 3. The van der Waals surface area contributed by atoms with E-state index in [1.54, 1.807) is 18.2 Å². The SMILES string of the molecule is CC(=O)c1ccc(C#N)c(NCc2ccc(N3CCC(C)CC3)nc2)c1. The van der Waals surface area contributed by atoms with Crippen molar-refractivity contribution in [2.24, 2.45) is 5.92 Å². The second kappa shape index (κ2) is 8.01. The van der Waals surface area contributed by atoms with Gasteiger partial charge < -0.3 is 10.2 Å². The normalized spacial score (nSPS) is 14.7. The molecular weight excluding hydrogens is 324 g/mol. The zero-order valence-corrected chi connectivity index (χ0v) is 15.3. The fourth-order valence-corrected chi connectivity index (χ4v) is 3.15. The van der Waals surface area contributed by atoms with Crippen molar-refractivity contribution in [1.29, 1.82) is 5.26 Å². The fourth-order valence-electron chi connectivity index (χ4n) is 3.15. The molecule has 1 aliphatic rings. The number of pyridine rings is 1. The molecule has 2 aromatic rings. The van der Waals surface area contributed by atoms with Crippen LogP contribution >= 0.6 is 0 Å². The number of carbonyl (C=O) groups is 1. The topological polar surface area (TPSA) is 69.0 Å². The summed E-state index contributed by atoms with van der Waals surface area (Å²) in [6, 6.07) is 11.4. The summed E-state index contributed by atoms with van der Waals surface area (Å²) >= 11 is 0. The molecule has 1 N–H and O–H groups in total. The van der Waals surface area contributed by atoms with Crippen molar-refractivity contribution in [1.82, 2.24) is 4.98 Å². The molecule has 5 nitrogen and oxygen atoms in total. The van der Waals surface area contributed by atoms with Crippen molar-refractivity contribution in [2.75, 3.05) is 23.3 Å². The van der Waals surface area contributed by atoms with Gasteiger partial charge in [0.15, 0.2) is 5.78 Å². The monoisotopic (exact) mass is 348 g/mol. The summed E-state index contributed by atoms with van der Waals surface area (Å²) < 4.78 is 0. The van der Waals surface area contributed by atoms with E-state index in [9.17, 15) is 10.1 Å². The fraction of sp³-hybridized carbons (Fsp3) is 0.381. The molecule has 0 bridgehead atoms. The van der Waals surface area contributed by atoms with Crippen molar-refractivity contribution in [3.8, 4) is 6.07 Å². The van der Waals surface area contributed by atoms with Crippen LogP contribution in [0.2, 0.25) is 0 Å². The van der Waals surface area contributed by atoms with Gasteiger partial charge in [-0.3, -0.25) is 4.79 Å². The smallest absolute Gasteiger partial charge is 0.159 e. The molecule has 0 spiro atoms. The zero-order valence-electron chi connectivity index (χ0n) is 15.3. The molecule has 0 saturated carbocycles. The van der Waals surface area contributed by atoms with Gasteiger partial charge in [0.1, 0.15) is 11.9 Å². The highest BCUT2D eigenvalue weighted by Crippen LogP contribution is 2.22. The first-order chi connectivity index (χ1) is 12.6. The molecule has 0 unspecified atom stereocenters. The minimum Gasteiger partial charge on any atom is -0.380 e. The molecule has 1 aromatic carbocycles. The van der Waals surface area contributed by atoms with E-state index in [4.69, 9.17) is 0 Å². The van der Waals surface area contributed by atoms with Crippen molar-refractivity contribution in [3.63, 3.8) is 0 Å². The third-order valence-electron chi connectivity index (χ3n) is 4.95. The number of hydrogen-bond donors (Lipinski definition) is 1. The van der Waals surface area contributed by atoms with Gasteiger partial charge in [-0.15, -0.1) is 0 Å². The molecule has 3 rings (SSSR count). The Labute approximate surface area is 154 Å². The highest BCUT2D eigenvalue weighted by molar-refractivity contribution is 5.95. The Morgan fingerprint density at radius 3 is 2.69 bits per heavy atom. The van der Waals surface area contributed by atoms with Crippen LogP contribution in [0.3, 0.4) is 0 Å². The summed E-state index contributed by atoms with van der Waals surface area (Å²) in [5.74, 6) is 1.81. The highest BCUT2D eigenvalue weighted by atomic mass is 16.1. The van der Waals surface area contributed by atoms with E-state index in [1.165, 1.54) is 19.8 Å².